The van der Waals surface area contributed by atoms with Gasteiger partial charge in [-0.05, 0) is 61.0 Å². The van der Waals surface area contributed by atoms with Gasteiger partial charge in [0.05, 0.1) is 35.0 Å². The lowest BCUT2D eigenvalue weighted by Gasteiger charge is -2.23. The highest BCUT2D eigenvalue weighted by Crippen LogP contribution is 2.36. The molecule has 1 heterocycles. The molecule has 3 rings (SSSR count). The Labute approximate surface area is 236 Å². The molecule has 0 fully saturated rings. The zero-order valence-corrected chi connectivity index (χ0v) is 21.6. The number of alkyl halides is 9. The standard InChI is InChI=1S/C24H19F6N3O3.C2HF3O2/c1-2-36-21(34)15-7-11-17(12-8-15)32-22(35)33-19(14-5-9-16(10-6-14)23(25,26)27)20-18(24(28,29)30)4-3-13-31-20;3-2(4,5)1(6)7/h3-13,19H,2H2,1H3,(H2,32,33,35);(H,6,7)/t19-;/m0./s1. The van der Waals surface area contributed by atoms with E-state index in [9.17, 15) is 49.1 Å². The van der Waals surface area contributed by atoms with Crippen molar-refractivity contribution in [3.63, 3.8) is 0 Å². The minimum absolute atomic E-state index is 0.0555. The summed E-state index contributed by atoms with van der Waals surface area (Å²) in [5, 5.41) is 11.9. The average molecular weight is 625 g/mol. The second kappa shape index (κ2) is 13.9. The number of carboxylic acids is 1. The van der Waals surface area contributed by atoms with Gasteiger partial charge >= 0.3 is 36.5 Å². The first-order chi connectivity index (χ1) is 19.8. The van der Waals surface area contributed by atoms with Crippen LogP contribution in [-0.2, 0) is 21.9 Å². The smallest absolute Gasteiger partial charge is 0.475 e. The van der Waals surface area contributed by atoms with E-state index in [0.29, 0.717) is 12.1 Å². The van der Waals surface area contributed by atoms with Crippen LogP contribution in [0.2, 0.25) is 0 Å². The van der Waals surface area contributed by atoms with Crippen LogP contribution < -0.4 is 10.6 Å². The number of aromatic nitrogens is 1. The highest BCUT2D eigenvalue weighted by Gasteiger charge is 2.39. The third-order valence-corrected chi connectivity index (χ3v) is 5.16. The number of benzene rings is 2. The number of hydrogen-bond acceptors (Lipinski definition) is 5. The molecule has 0 spiro atoms. The number of aliphatic carboxylic acids is 1. The van der Waals surface area contributed by atoms with Crippen LogP contribution in [-0.4, -0.2) is 40.8 Å². The third kappa shape index (κ3) is 10.2. The third-order valence-electron chi connectivity index (χ3n) is 5.16. The first-order valence-electron chi connectivity index (χ1n) is 11.7. The number of hydrogen-bond donors (Lipinski definition) is 3. The molecule has 3 aromatic rings. The molecule has 1 aromatic heterocycles. The molecule has 0 aliphatic heterocycles. The molecule has 0 radical (unpaired) electrons. The maximum absolute atomic E-state index is 13.6. The first-order valence-corrected chi connectivity index (χ1v) is 11.7. The second-order valence-corrected chi connectivity index (χ2v) is 8.19. The lowest BCUT2D eigenvalue weighted by molar-refractivity contribution is -0.192. The molecule has 0 unspecified atom stereocenters. The van der Waals surface area contributed by atoms with Crippen molar-refractivity contribution in [3.05, 3.63) is 94.8 Å². The van der Waals surface area contributed by atoms with Crippen molar-refractivity contribution < 1.29 is 63.7 Å². The lowest BCUT2D eigenvalue weighted by atomic mass is 9.98. The van der Waals surface area contributed by atoms with Gasteiger partial charge < -0.3 is 20.5 Å². The van der Waals surface area contributed by atoms with E-state index in [0.717, 1.165) is 30.5 Å². The fraction of sp³-hybridized carbons (Fsp3) is 0.231. The van der Waals surface area contributed by atoms with E-state index in [1.54, 1.807) is 6.92 Å². The number of carbonyl (C=O) groups excluding carboxylic acids is 2. The summed E-state index contributed by atoms with van der Waals surface area (Å²) in [6.45, 7) is 1.80. The molecule has 0 bridgehead atoms. The number of carbonyl (C=O) groups is 3. The Balaban J connectivity index is 0.000000821. The summed E-state index contributed by atoms with van der Waals surface area (Å²) in [6, 6.07) is 8.16. The summed E-state index contributed by atoms with van der Waals surface area (Å²) >= 11 is 0. The molecule has 1 atom stereocenters. The number of carboxylic acid groups (broad SMARTS) is 1. The van der Waals surface area contributed by atoms with Gasteiger partial charge in [0, 0.05) is 11.9 Å². The summed E-state index contributed by atoms with van der Waals surface area (Å²) in [5.74, 6) is -3.33. The largest absolute Gasteiger partial charge is 0.490 e. The number of halogens is 9. The first kappa shape index (κ1) is 34.4. The zero-order chi connectivity index (χ0) is 32.6. The van der Waals surface area contributed by atoms with Crippen LogP contribution in [0, 0.1) is 0 Å². The molecule has 17 heteroatoms. The molecule has 0 aliphatic carbocycles. The maximum atomic E-state index is 13.6. The Hall–Kier alpha value is -4.83. The van der Waals surface area contributed by atoms with Crippen molar-refractivity contribution in [2.45, 2.75) is 31.5 Å². The van der Waals surface area contributed by atoms with Gasteiger partial charge in [-0.2, -0.15) is 39.5 Å². The second-order valence-electron chi connectivity index (χ2n) is 8.19. The van der Waals surface area contributed by atoms with Crippen molar-refractivity contribution in [2.24, 2.45) is 0 Å². The Morgan fingerprint density at radius 2 is 1.42 bits per heavy atom. The monoisotopic (exact) mass is 625 g/mol. The maximum Gasteiger partial charge on any atom is 0.490 e. The minimum Gasteiger partial charge on any atom is -0.475 e. The topological polar surface area (TPSA) is 118 Å². The highest BCUT2D eigenvalue weighted by molar-refractivity contribution is 5.92. The molecular formula is C26H20F9N3O5. The van der Waals surface area contributed by atoms with Crippen LogP contribution in [0.3, 0.4) is 0 Å². The number of nitrogens with zero attached hydrogens (tertiary/aromatic N) is 1. The van der Waals surface area contributed by atoms with Crippen LogP contribution in [0.15, 0.2) is 66.9 Å². The molecule has 0 aliphatic rings. The molecular weight excluding hydrogens is 605 g/mol. The number of ether oxygens (including phenoxy) is 1. The molecule has 0 saturated carbocycles. The average Bonchev–Trinajstić information content (AvgIpc) is 2.91. The van der Waals surface area contributed by atoms with Crippen molar-refractivity contribution in [1.29, 1.82) is 0 Å². The van der Waals surface area contributed by atoms with E-state index in [4.69, 9.17) is 14.6 Å². The van der Waals surface area contributed by atoms with E-state index in [-0.39, 0.29) is 23.4 Å². The summed E-state index contributed by atoms with van der Waals surface area (Å²) in [4.78, 5) is 37.1. The quantitative estimate of drug-likeness (QED) is 0.204. The number of rotatable bonds is 6. The number of esters is 1. The molecule has 2 amide bonds. The van der Waals surface area contributed by atoms with Crippen molar-refractivity contribution >= 4 is 23.7 Å². The van der Waals surface area contributed by atoms with Crippen LogP contribution in [0.1, 0.15) is 45.7 Å². The number of urea groups is 1. The molecule has 232 valence electrons. The van der Waals surface area contributed by atoms with Gasteiger partial charge in [0.25, 0.3) is 0 Å². The predicted octanol–water partition coefficient (Wildman–Crippen LogP) is 6.84. The van der Waals surface area contributed by atoms with Gasteiger partial charge in [-0.25, -0.2) is 14.4 Å². The van der Waals surface area contributed by atoms with E-state index in [2.05, 4.69) is 15.6 Å². The SMILES string of the molecule is CCOC(=O)c1ccc(NC(=O)N[C@@H](c2ccc(C(F)(F)F)cc2)c2ncccc2C(F)(F)F)cc1.O=C(O)C(F)(F)F. The van der Waals surface area contributed by atoms with Crippen molar-refractivity contribution in [2.75, 3.05) is 11.9 Å². The van der Waals surface area contributed by atoms with Gasteiger partial charge in [-0.3, -0.25) is 4.98 Å². The van der Waals surface area contributed by atoms with Crippen LogP contribution in [0.5, 0.6) is 0 Å². The highest BCUT2D eigenvalue weighted by atomic mass is 19.4. The van der Waals surface area contributed by atoms with Crippen molar-refractivity contribution in [1.82, 2.24) is 10.3 Å². The lowest BCUT2D eigenvalue weighted by Crippen LogP contribution is -2.35. The predicted molar refractivity (Wildman–Crippen MR) is 131 cm³/mol. The van der Waals surface area contributed by atoms with Gasteiger partial charge in [-0.15, -0.1) is 0 Å². The number of anilines is 1. The molecule has 0 saturated heterocycles. The van der Waals surface area contributed by atoms with Crippen LogP contribution >= 0.6 is 0 Å². The Kier molecular flexibility index (Phi) is 11.1. The normalized spacial score (nSPS) is 12.3. The summed E-state index contributed by atoms with van der Waals surface area (Å²) in [6.07, 6.45) is -13.5. The summed E-state index contributed by atoms with van der Waals surface area (Å²) in [7, 11) is 0. The number of pyridine rings is 1. The molecule has 43 heavy (non-hydrogen) atoms. The van der Waals surface area contributed by atoms with E-state index in [1.807, 2.05) is 0 Å². The van der Waals surface area contributed by atoms with Gasteiger partial charge in [0.1, 0.15) is 0 Å². The Morgan fingerprint density at radius 1 is 0.860 bits per heavy atom. The van der Waals surface area contributed by atoms with E-state index < -0.39 is 59.4 Å². The van der Waals surface area contributed by atoms with Crippen LogP contribution in [0.25, 0.3) is 0 Å². The van der Waals surface area contributed by atoms with Crippen LogP contribution in [0.4, 0.5) is 50.0 Å². The number of nitrogens with one attached hydrogen (secondary N) is 2. The molecule has 2 aromatic carbocycles. The Bertz CT molecular complexity index is 1410. The fourth-order valence-corrected chi connectivity index (χ4v) is 3.26. The summed E-state index contributed by atoms with van der Waals surface area (Å²) < 4.78 is 116. The molecule has 8 nitrogen and oxygen atoms in total. The fourth-order valence-electron chi connectivity index (χ4n) is 3.26. The molecule has 3 N–H and O–H groups in total. The zero-order valence-electron chi connectivity index (χ0n) is 21.6. The summed E-state index contributed by atoms with van der Waals surface area (Å²) in [5.41, 5.74) is -2.41. The van der Waals surface area contributed by atoms with E-state index >= 15 is 0 Å². The minimum atomic E-state index is -5.08. The van der Waals surface area contributed by atoms with Gasteiger partial charge in [0.2, 0.25) is 0 Å². The van der Waals surface area contributed by atoms with Gasteiger partial charge in [0.15, 0.2) is 0 Å². The number of amides is 2. The van der Waals surface area contributed by atoms with Crippen molar-refractivity contribution in [3.8, 4) is 0 Å². The van der Waals surface area contributed by atoms with Gasteiger partial charge in [-0.1, -0.05) is 12.1 Å². The Morgan fingerprint density at radius 3 is 1.88 bits per heavy atom. The van der Waals surface area contributed by atoms with E-state index in [1.165, 1.54) is 24.3 Å².